The Bertz CT molecular complexity index is 393. The number of rotatable bonds is 1. The van der Waals surface area contributed by atoms with E-state index >= 15 is 0 Å². The molecule has 0 saturated carbocycles. The summed E-state index contributed by atoms with van der Waals surface area (Å²) in [5.74, 6) is 0. The molecule has 0 bridgehead atoms. The van der Waals surface area contributed by atoms with Gasteiger partial charge in [-0.2, -0.15) is 0 Å². The molecule has 68 valence electrons. The van der Waals surface area contributed by atoms with Gasteiger partial charge in [0, 0.05) is 0 Å². The van der Waals surface area contributed by atoms with Crippen molar-refractivity contribution in [3.8, 4) is 0 Å². The molecule has 0 spiro atoms. The minimum absolute atomic E-state index is 1.08. The number of hydrogen-bond donors (Lipinski definition) is 1. The largest absolute Gasteiger partial charge is 0.346 e. The molecule has 1 N–H and O–H groups in total. The van der Waals surface area contributed by atoms with Gasteiger partial charge in [-0.25, -0.2) is 4.98 Å². The maximum absolute atomic E-state index is 4.59. The SMILES string of the molecule is C[Si](C)(C)c1nc2ccccc2[nH]1. The summed E-state index contributed by atoms with van der Waals surface area (Å²) in [6, 6.07) is 8.19. The molecular formula is C10H14N2Si. The summed E-state index contributed by atoms with van der Waals surface area (Å²) in [4.78, 5) is 7.98. The molecule has 2 aromatic rings. The Morgan fingerprint density at radius 2 is 1.85 bits per heavy atom. The molecule has 3 heteroatoms. The molecule has 0 unspecified atom stereocenters. The summed E-state index contributed by atoms with van der Waals surface area (Å²) >= 11 is 0. The van der Waals surface area contributed by atoms with E-state index in [9.17, 15) is 0 Å². The lowest BCUT2D eigenvalue weighted by Gasteiger charge is -2.10. The molecule has 1 aromatic carbocycles. The van der Waals surface area contributed by atoms with E-state index in [0.717, 1.165) is 11.0 Å². The van der Waals surface area contributed by atoms with Crippen molar-refractivity contribution in [3.05, 3.63) is 24.3 Å². The monoisotopic (exact) mass is 190 g/mol. The third-order valence-corrected chi connectivity index (χ3v) is 3.76. The molecule has 13 heavy (non-hydrogen) atoms. The summed E-state index contributed by atoms with van der Waals surface area (Å²) in [6.07, 6.45) is 0. The van der Waals surface area contributed by atoms with Crippen LogP contribution in [-0.4, -0.2) is 18.0 Å². The number of para-hydroxylation sites is 2. The highest BCUT2D eigenvalue weighted by Crippen LogP contribution is 2.08. The minimum Gasteiger partial charge on any atom is -0.346 e. The van der Waals surface area contributed by atoms with Gasteiger partial charge in [0.1, 0.15) is 8.07 Å². The molecule has 0 amide bonds. The van der Waals surface area contributed by atoms with E-state index in [2.05, 4.69) is 41.7 Å². The maximum atomic E-state index is 4.59. The summed E-state index contributed by atoms with van der Waals surface area (Å²) in [7, 11) is -1.28. The summed E-state index contributed by atoms with van der Waals surface area (Å²) < 4.78 is 0. The van der Waals surface area contributed by atoms with Crippen LogP contribution in [0.2, 0.25) is 19.6 Å². The first-order valence-corrected chi connectivity index (χ1v) is 8.02. The molecule has 1 aromatic heterocycles. The second kappa shape index (κ2) is 2.70. The van der Waals surface area contributed by atoms with E-state index in [1.807, 2.05) is 12.1 Å². The van der Waals surface area contributed by atoms with Gasteiger partial charge in [-0.3, -0.25) is 0 Å². The molecular weight excluding hydrogens is 176 g/mol. The predicted octanol–water partition coefficient (Wildman–Crippen LogP) is 2.11. The van der Waals surface area contributed by atoms with Gasteiger partial charge in [0.25, 0.3) is 0 Å². The van der Waals surface area contributed by atoms with Gasteiger partial charge in [-0.15, -0.1) is 0 Å². The Morgan fingerprint density at radius 3 is 2.46 bits per heavy atom. The number of nitrogens with one attached hydrogen (secondary N) is 1. The second-order valence-corrected chi connectivity index (χ2v) is 9.33. The second-order valence-electron chi connectivity index (χ2n) is 4.35. The van der Waals surface area contributed by atoms with Gasteiger partial charge in [0.05, 0.1) is 16.5 Å². The molecule has 0 atom stereocenters. The highest BCUT2D eigenvalue weighted by molar-refractivity contribution is 6.87. The fourth-order valence-electron chi connectivity index (χ4n) is 1.31. The third kappa shape index (κ3) is 1.51. The Labute approximate surface area is 79.0 Å². The van der Waals surface area contributed by atoms with Gasteiger partial charge in [-0.05, 0) is 12.1 Å². The van der Waals surface area contributed by atoms with Crippen molar-refractivity contribution in [2.24, 2.45) is 0 Å². The standard InChI is InChI=1S/C10H14N2Si/c1-13(2,3)10-11-8-6-4-5-7-9(8)12-10/h4-7H,1-3H3,(H,11,12). The highest BCUT2D eigenvalue weighted by atomic mass is 28.3. The minimum atomic E-state index is -1.28. The summed E-state index contributed by atoms with van der Waals surface area (Å²) in [6.45, 7) is 6.89. The number of hydrogen-bond acceptors (Lipinski definition) is 1. The molecule has 0 radical (unpaired) electrons. The lowest BCUT2D eigenvalue weighted by Crippen LogP contribution is -2.40. The molecule has 0 aliphatic carbocycles. The van der Waals surface area contributed by atoms with E-state index in [0.29, 0.717) is 0 Å². The smallest absolute Gasteiger partial charge is 0.123 e. The van der Waals surface area contributed by atoms with E-state index in [1.165, 1.54) is 5.45 Å². The third-order valence-electron chi connectivity index (χ3n) is 2.10. The average molecular weight is 190 g/mol. The number of imidazole rings is 1. The fourth-order valence-corrected chi connectivity index (χ4v) is 2.27. The molecule has 0 fully saturated rings. The zero-order valence-corrected chi connectivity index (χ0v) is 9.26. The summed E-state index contributed by atoms with van der Waals surface area (Å²) in [5, 5.41) is 0. The van der Waals surface area contributed by atoms with Gasteiger partial charge in [0.15, 0.2) is 0 Å². The van der Waals surface area contributed by atoms with Crippen LogP contribution in [0.1, 0.15) is 0 Å². The molecule has 0 aliphatic heterocycles. The van der Waals surface area contributed by atoms with Gasteiger partial charge in [0.2, 0.25) is 0 Å². The van der Waals surface area contributed by atoms with Crippen molar-refractivity contribution < 1.29 is 0 Å². The zero-order chi connectivity index (χ0) is 9.47. The van der Waals surface area contributed by atoms with Gasteiger partial charge < -0.3 is 4.98 Å². The van der Waals surface area contributed by atoms with Crippen LogP contribution in [0.4, 0.5) is 0 Å². The maximum Gasteiger partial charge on any atom is 0.123 e. The molecule has 0 aliphatic rings. The first-order chi connectivity index (χ1) is 6.07. The fraction of sp³-hybridized carbons (Fsp3) is 0.300. The molecule has 0 saturated heterocycles. The number of aromatic amines is 1. The van der Waals surface area contributed by atoms with Crippen LogP contribution in [0.3, 0.4) is 0 Å². The Balaban J connectivity index is 2.63. The van der Waals surface area contributed by atoms with Gasteiger partial charge in [-0.1, -0.05) is 31.8 Å². The van der Waals surface area contributed by atoms with E-state index in [4.69, 9.17) is 0 Å². The zero-order valence-electron chi connectivity index (χ0n) is 8.26. The van der Waals surface area contributed by atoms with Crippen LogP contribution < -0.4 is 5.45 Å². The van der Waals surface area contributed by atoms with Crippen molar-refractivity contribution in [3.63, 3.8) is 0 Å². The molecule has 2 rings (SSSR count). The van der Waals surface area contributed by atoms with Crippen molar-refractivity contribution in [1.29, 1.82) is 0 Å². The van der Waals surface area contributed by atoms with Gasteiger partial charge >= 0.3 is 0 Å². The van der Waals surface area contributed by atoms with Crippen LogP contribution in [0.5, 0.6) is 0 Å². The van der Waals surface area contributed by atoms with Crippen LogP contribution in [-0.2, 0) is 0 Å². The number of aromatic nitrogens is 2. The Kier molecular flexibility index (Phi) is 1.77. The number of H-pyrrole nitrogens is 1. The van der Waals surface area contributed by atoms with Crippen molar-refractivity contribution in [2.45, 2.75) is 19.6 Å². The summed E-state index contributed by atoms with van der Waals surface area (Å²) in [5.41, 5.74) is 3.42. The first kappa shape index (κ1) is 8.50. The number of benzene rings is 1. The molecule has 1 heterocycles. The average Bonchev–Trinajstić information content (AvgIpc) is 2.45. The lowest BCUT2D eigenvalue weighted by molar-refractivity contribution is 1.39. The number of fused-ring (bicyclic) bond motifs is 1. The predicted molar refractivity (Wildman–Crippen MR) is 59.1 cm³/mol. The topological polar surface area (TPSA) is 28.7 Å². The first-order valence-electron chi connectivity index (χ1n) is 4.52. The number of nitrogens with zero attached hydrogens (tertiary/aromatic N) is 1. The molecule has 2 nitrogen and oxygen atoms in total. The Morgan fingerprint density at radius 1 is 1.15 bits per heavy atom. The highest BCUT2D eigenvalue weighted by Gasteiger charge is 2.20. The van der Waals surface area contributed by atoms with Crippen molar-refractivity contribution in [1.82, 2.24) is 9.97 Å². The van der Waals surface area contributed by atoms with Crippen LogP contribution >= 0.6 is 0 Å². The Hall–Kier alpha value is -1.09. The van der Waals surface area contributed by atoms with E-state index in [-0.39, 0.29) is 0 Å². The normalized spacial score (nSPS) is 12.2. The van der Waals surface area contributed by atoms with E-state index < -0.39 is 8.07 Å². The quantitative estimate of drug-likeness (QED) is 0.685. The van der Waals surface area contributed by atoms with Crippen molar-refractivity contribution >= 4 is 24.6 Å². The van der Waals surface area contributed by atoms with E-state index in [1.54, 1.807) is 0 Å². The van der Waals surface area contributed by atoms with Crippen LogP contribution in [0.15, 0.2) is 24.3 Å². The van der Waals surface area contributed by atoms with Crippen LogP contribution in [0, 0.1) is 0 Å². The van der Waals surface area contributed by atoms with Crippen LogP contribution in [0.25, 0.3) is 11.0 Å². The van der Waals surface area contributed by atoms with Crippen molar-refractivity contribution in [2.75, 3.05) is 0 Å². The lowest BCUT2D eigenvalue weighted by atomic mass is 10.3.